The minimum absolute atomic E-state index is 0.118. The molecule has 0 saturated carbocycles. The van der Waals surface area contributed by atoms with Gasteiger partial charge in [0.2, 0.25) is 5.91 Å². The van der Waals surface area contributed by atoms with Gasteiger partial charge in [-0.2, -0.15) is 0 Å². The second kappa shape index (κ2) is 60.1. The van der Waals surface area contributed by atoms with Gasteiger partial charge >= 0.3 is 5.97 Å². The van der Waals surface area contributed by atoms with Crippen LogP contribution in [0.1, 0.15) is 303 Å². The van der Waals surface area contributed by atoms with Crippen LogP contribution in [-0.2, 0) is 23.8 Å². The Labute approximate surface area is 514 Å². The van der Waals surface area contributed by atoms with Gasteiger partial charge in [-0.05, 0) is 96.3 Å². The number of allylic oxidation sites excluding steroid dienone is 13. The number of carbonyl (C=O) groups is 2. The van der Waals surface area contributed by atoms with Gasteiger partial charge in [0.25, 0.3) is 0 Å². The van der Waals surface area contributed by atoms with Crippen molar-refractivity contribution in [3.05, 3.63) is 85.1 Å². The van der Waals surface area contributed by atoms with Crippen molar-refractivity contribution in [2.24, 2.45) is 0 Å². The lowest BCUT2D eigenvalue weighted by atomic mass is 9.99. The van der Waals surface area contributed by atoms with E-state index in [1.807, 2.05) is 6.08 Å². The molecule has 0 aromatic carbocycles. The molecule has 1 rings (SSSR count). The highest BCUT2D eigenvalue weighted by Gasteiger charge is 2.47. The summed E-state index contributed by atoms with van der Waals surface area (Å²) in [6, 6.07) is -1.05. The molecular formula is C73H129NO10. The van der Waals surface area contributed by atoms with Gasteiger partial charge in [0.05, 0.1) is 25.4 Å². The molecule has 1 heterocycles. The number of hydrogen-bond acceptors (Lipinski definition) is 10. The molecule has 11 heteroatoms. The lowest BCUT2D eigenvalue weighted by Crippen LogP contribution is -2.61. The molecule has 11 nitrogen and oxygen atoms in total. The van der Waals surface area contributed by atoms with Crippen LogP contribution in [0, 0.1) is 0 Å². The Bertz CT molecular complexity index is 1690. The fourth-order valence-corrected chi connectivity index (χ4v) is 10.6. The van der Waals surface area contributed by atoms with Crippen molar-refractivity contribution < 1.29 is 49.3 Å². The highest BCUT2D eigenvalue weighted by atomic mass is 16.7. The van der Waals surface area contributed by atoms with Crippen LogP contribution in [-0.4, -0.2) is 99.6 Å². The molecule has 0 aliphatic carbocycles. The first kappa shape index (κ1) is 78.9. The van der Waals surface area contributed by atoms with E-state index in [4.69, 9.17) is 14.2 Å². The highest BCUT2D eigenvalue weighted by Crippen LogP contribution is 2.26. The number of nitrogens with one attached hydrogen (secondary N) is 1. The van der Waals surface area contributed by atoms with E-state index in [-0.39, 0.29) is 19.4 Å². The molecule has 0 spiro atoms. The number of aliphatic hydroxyl groups is 5. The molecule has 1 aliphatic heterocycles. The van der Waals surface area contributed by atoms with Crippen molar-refractivity contribution in [3.63, 3.8) is 0 Å². The smallest absolute Gasteiger partial charge is 0.306 e. The molecule has 1 fully saturated rings. The van der Waals surface area contributed by atoms with Gasteiger partial charge in [-0.25, -0.2) is 0 Å². The second-order valence-electron chi connectivity index (χ2n) is 23.9. The zero-order valence-electron chi connectivity index (χ0n) is 54.0. The molecule has 0 aromatic rings. The van der Waals surface area contributed by atoms with Crippen LogP contribution in [0.3, 0.4) is 0 Å². The summed E-state index contributed by atoms with van der Waals surface area (Å²) in [4.78, 5) is 26.6. The Morgan fingerprint density at radius 1 is 0.476 bits per heavy atom. The Kier molecular flexibility index (Phi) is 56.5. The highest BCUT2D eigenvalue weighted by molar-refractivity contribution is 5.80. The first-order valence-electron chi connectivity index (χ1n) is 34.9. The summed E-state index contributed by atoms with van der Waals surface area (Å²) in [5.74, 6) is -1.22. The SMILES string of the molecule is CC/C=C\C/C=C\C/C=C\C/C=C\C/C=C\CCCCC(O)C(=O)NC(COC1OC(CO)C(O)C(O)C1OC(=O)CCCCCCCCCCCCCCCCC/C=C/CCCCCCCC)C(O)/C=C/CCCCCCCCCCCC. The molecule has 486 valence electrons. The second-order valence-corrected chi connectivity index (χ2v) is 23.9. The number of carbonyl (C=O) groups excluding carboxylic acids is 2. The van der Waals surface area contributed by atoms with Gasteiger partial charge in [0, 0.05) is 6.42 Å². The van der Waals surface area contributed by atoms with Crippen LogP contribution in [0.15, 0.2) is 85.1 Å². The largest absolute Gasteiger partial charge is 0.454 e. The zero-order chi connectivity index (χ0) is 61.0. The maximum absolute atomic E-state index is 13.4. The minimum Gasteiger partial charge on any atom is -0.454 e. The molecule has 8 atom stereocenters. The monoisotopic (exact) mass is 1180 g/mol. The third-order valence-electron chi connectivity index (χ3n) is 16.0. The summed E-state index contributed by atoms with van der Waals surface area (Å²) < 4.78 is 17.7. The topological polar surface area (TPSA) is 175 Å². The van der Waals surface area contributed by atoms with E-state index in [0.717, 1.165) is 89.9 Å². The molecule has 1 saturated heterocycles. The summed E-state index contributed by atoms with van der Waals surface area (Å²) in [5.41, 5.74) is 0. The average molecular weight is 1180 g/mol. The van der Waals surface area contributed by atoms with E-state index in [1.165, 1.54) is 167 Å². The standard InChI is InChI=1S/C73H129NO10/c1-4-7-10-13-16-19-22-25-27-29-31-32-33-34-35-36-37-39-41-43-46-49-52-55-58-61-68(78)84-71-70(80)69(79)67(62-75)83-73(71)82-63-64(65(76)59-56-53-50-47-44-24-21-18-15-12-9-6-3)74-72(81)66(77)60-57-54-51-48-45-42-40-38-30-28-26-23-20-17-14-11-8-5-2/h8,11,17,20,25-28,38,40,45,48,56,59,64-67,69-71,73,75-77,79-80H,4-7,9-10,12-16,18-19,21-24,29-37,39,41-44,46-47,49-55,57-58,60-63H2,1-3H3,(H,74,81)/b11-8-,20-17-,27-25+,28-26-,40-38-,48-45-,59-56+. The minimum atomic E-state index is -1.62. The van der Waals surface area contributed by atoms with Gasteiger partial charge in [0.15, 0.2) is 12.4 Å². The average Bonchev–Trinajstić information content (AvgIpc) is 3.67. The third kappa shape index (κ3) is 47.0. The summed E-state index contributed by atoms with van der Waals surface area (Å²) in [6.45, 7) is 5.67. The van der Waals surface area contributed by atoms with Crippen LogP contribution in [0.2, 0.25) is 0 Å². The van der Waals surface area contributed by atoms with E-state index >= 15 is 0 Å². The van der Waals surface area contributed by atoms with E-state index < -0.39 is 67.4 Å². The lowest BCUT2D eigenvalue weighted by molar-refractivity contribution is -0.305. The van der Waals surface area contributed by atoms with Crippen molar-refractivity contribution in [1.29, 1.82) is 0 Å². The maximum atomic E-state index is 13.4. The van der Waals surface area contributed by atoms with Gasteiger partial charge in [-0.15, -0.1) is 0 Å². The zero-order valence-corrected chi connectivity index (χ0v) is 54.0. The Morgan fingerprint density at radius 3 is 1.30 bits per heavy atom. The number of hydrogen-bond donors (Lipinski definition) is 6. The fraction of sp³-hybridized carbons (Fsp3) is 0.781. The molecule has 8 unspecified atom stereocenters. The number of ether oxygens (including phenoxy) is 3. The van der Waals surface area contributed by atoms with E-state index in [9.17, 15) is 35.1 Å². The summed E-state index contributed by atoms with van der Waals surface area (Å²) in [6.07, 6.45) is 69.2. The fourth-order valence-electron chi connectivity index (χ4n) is 10.6. The van der Waals surface area contributed by atoms with Crippen molar-refractivity contribution in [2.75, 3.05) is 13.2 Å². The van der Waals surface area contributed by atoms with Crippen LogP contribution < -0.4 is 5.32 Å². The van der Waals surface area contributed by atoms with Crippen LogP contribution in [0.4, 0.5) is 0 Å². The van der Waals surface area contributed by atoms with Crippen molar-refractivity contribution >= 4 is 11.9 Å². The predicted octanol–water partition coefficient (Wildman–Crippen LogP) is 17.7. The molecule has 1 amide bonds. The predicted molar refractivity (Wildman–Crippen MR) is 352 cm³/mol. The molecule has 84 heavy (non-hydrogen) atoms. The first-order valence-corrected chi connectivity index (χ1v) is 34.9. The third-order valence-corrected chi connectivity index (χ3v) is 16.0. The molecule has 6 N–H and O–H groups in total. The molecule has 0 radical (unpaired) electrons. The Hall–Kier alpha value is -3.16. The number of amides is 1. The van der Waals surface area contributed by atoms with E-state index in [1.54, 1.807) is 6.08 Å². The summed E-state index contributed by atoms with van der Waals surface area (Å²) in [5, 5.41) is 57.1. The van der Waals surface area contributed by atoms with Crippen molar-refractivity contribution in [3.8, 4) is 0 Å². The number of unbranched alkanes of at least 4 members (excludes halogenated alkanes) is 33. The van der Waals surface area contributed by atoms with Crippen LogP contribution in [0.5, 0.6) is 0 Å². The van der Waals surface area contributed by atoms with Crippen molar-refractivity contribution in [2.45, 2.75) is 352 Å². The quantitative estimate of drug-likeness (QED) is 0.0195. The molecular weight excluding hydrogens is 1050 g/mol. The summed E-state index contributed by atoms with van der Waals surface area (Å²) in [7, 11) is 0. The number of aliphatic hydroxyl groups excluding tert-OH is 5. The lowest BCUT2D eigenvalue weighted by Gasteiger charge is -2.41. The van der Waals surface area contributed by atoms with E-state index in [2.05, 4.69) is 99.0 Å². The number of rotatable bonds is 59. The Balaban J connectivity index is 2.59. The normalized spacial score (nSPS) is 19.0. The van der Waals surface area contributed by atoms with Gasteiger partial charge < -0.3 is 45.1 Å². The van der Waals surface area contributed by atoms with Gasteiger partial charge in [-0.1, -0.05) is 286 Å². The van der Waals surface area contributed by atoms with Crippen LogP contribution in [0.25, 0.3) is 0 Å². The van der Waals surface area contributed by atoms with Crippen LogP contribution >= 0.6 is 0 Å². The molecule has 1 aliphatic rings. The number of esters is 1. The first-order chi connectivity index (χ1) is 41.2. The van der Waals surface area contributed by atoms with E-state index in [0.29, 0.717) is 12.8 Å². The Morgan fingerprint density at radius 2 is 0.857 bits per heavy atom. The molecule has 0 aromatic heterocycles. The van der Waals surface area contributed by atoms with Gasteiger partial charge in [-0.3, -0.25) is 9.59 Å². The molecule has 0 bridgehead atoms. The maximum Gasteiger partial charge on any atom is 0.306 e. The van der Waals surface area contributed by atoms with Gasteiger partial charge in [0.1, 0.15) is 24.4 Å². The van der Waals surface area contributed by atoms with Crippen molar-refractivity contribution in [1.82, 2.24) is 5.32 Å². The summed E-state index contributed by atoms with van der Waals surface area (Å²) >= 11 is 0.